The van der Waals surface area contributed by atoms with E-state index in [0.717, 1.165) is 37.7 Å². The van der Waals surface area contributed by atoms with Crippen LogP contribution in [0, 0.1) is 5.92 Å². The van der Waals surface area contributed by atoms with E-state index in [4.69, 9.17) is 22.7 Å². The van der Waals surface area contributed by atoms with Gasteiger partial charge in [-0.2, -0.15) is 0 Å². The molecule has 1 heterocycles. The van der Waals surface area contributed by atoms with Gasteiger partial charge in [-0.25, -0.2) is 0 Å². The maximum atomic E-state index is 5.60. The highest BCUT2D eigenvalue weighted by Crippen LogP contribution is 2.19. The Hall–Kier alpha value is -0.970. The SMILES string of the molecule is COCC1CCN(Cc2ccc(C(N)=S)cc2)CC1. The Kier molecular flexibility index (Phi) is 5.31. The van der Waals surface area contributed by atoms with Crippen molar-refractivity contribution in [2.45, 2.75) is 19.4 Å². The smallest absolute Gasteiger partial charge is 0.103 e. The maximum absolute atomic E-state index is 5.60. The van der Waals surface area contributed by atoms with Crippen molar-refractivity contribution in [3.05, 3.63) is 35.4 Å². The number of likely N-dealkylation sites (tertiary alicyclic amines) is 1. The zero-order valence-corrected chi connectivity index (χ0v) is 12.3. The second-order valence-electron chi connectivity index (χ2n) is 5.24. The first kappa shape index (κ1) is 14.4. The predicted octanol–water partition coefficient (Wildman–Crippen LogP) is 2.18. The second kappa shape index (κ2) is 6.98. The average Bonchev–Trinajstić information content (AvgIpc) is 2.42. The number of piperidine rings is 1. The van der Waals surface area contributed by atoms with Gasteiger partial charge in [-0.1, -0.05) is 36.5 Å². The fourth-order valence-electron chi connectivity index (χ4n) is 2.58. The Labute approximate surface area is 120 Å². The lowest BCUT2D eigenvalue weighted by molar-refractivity contribution is 0.0968. The van der Waals surface area contributed by atoms with Gasteiger partial charge in [-0.3, -0.25) is 4.90 Å². The van der Waals surface area contributed by atoms with E-state index < -0.39 is 0 Å². The molecule has 0 spiro atoms. The first-order valence-corrected chi connectivity index (χ1v) is 7.20. The van der Waals surface area contributed by atoms with E-state index in [1.807, 2.05) is 12.1 Å². The maximum Gasteiger partial charge on any atom is 0.103 e. The summed E-state index contributed by atoms with van der Waals surface area (Å²) < 4.78 is 5.23. The molecule has 0 amide bonds. The van der Waals surface area contributed by atoms with Gasteiger partial charge in [0, 0.05) is 25.8 Å². The highest BCUT2D eigenvalue weighted by atomic mass is 32.1. The third kappa shape index (κ3) is 4.27. The number of benzene rings is 1. The number of methoxy groups -OCH3 is 1. The van der Waals surface area contributed by atoms with Gasteiger partial charge in [0.25, 0.3) is 0 Å². The molecule has 0 bridgehead atoms. The molecule has 0 atom stereocenters. The zero-order valence-electron chi connectivity index (χ0n) is 11.5. The minimum absolute atomic E-state index is 0.465. The van der Waals surface area contributed by atoms with Gasteiger partial charge < -0.3 is 10.5 Å². The quantitative estimate of drug-likeness (QED) is 0.838. The van der Waals surface area contributed by atoms with Crippen LogP contribution in [0.15, 0.2) is 24.3 Å². The number of nitrogens with zero attached hydrogens (tertiary/aromatic N) is 1. The van der Waals surface area contributed by atoms with Gasteiger partial charge >= 0.3 is 0 Å². The summed E-state index contributed by atoms with van der Waals surface area (Å²) >= 11 is 4.96. The zero-order chi connectivity index (χ0) is 13.7. The minimum atomic E-state index is 0.465. The first-order valence-electron chi connectivity index (χ1n) is 6.79. The van der Waals surface area contributed by atoms with Gasteiger partial charge in [-0.05, 0) is 37.4 Å². The van der Waals surface area contributed by atoms with E-state index in [9.17, 15) is 0 Å². The Morgan fingerprint density at radius 2 is 1.95 bits per heavy atom. The van der Waals surface area contributed by atoms with E-state index in [2.05, 4.69) is 17.0 Å². The number of rotatable bonds is 5. The summed E-state index contributed by atoms with van der Waals surface area (Å²) in [6, 6.07) is 8.26. The monoisotopic (exact) mass is 278 g/mol. The van der Waals surface area contributed by atoms with E-state index in [-0.39, 0.29) is 0 Å². The van der Waals surface area contributed by atoms with E-state index in [1.165, 1.54) is 18.4 Å². The number of thiocarbonyl (C=S) groups is 1. The van der Waals surface area contributed by atoms with E-state index in [0.29, 0.717) is 4.99 Å². The van der Waals surface area contributed by atoms with Crippen LogP contribution in [0.2, 0.25) is 0 Å². The molecule has 104 valence electrons. The van der Waals surface area contributed by atoms with Crippen molar-refractivity contribution in [2.75, 3.05) is 26.8 Å². The molecule has 0 unspecified atom stereocenters. The molecule has 0 aromatic heterocycles. The summed E-state index contributed by atoms with van der Waals surface area (Å²) in [4.78, 5) is 2.97. The van der Waals surface area contributed by atoms with Crippen LogP contribution in [0.3, 0.4) is 0 Å². The van der Waals surface area contributed by atoms with Gasteiger partial charge in [0.05, 0.1) is 0 Å². The van der Waals surface area contributed by atoms with Crippen LogP contribution in [-0.4, -0.2) is 36.7 Å². The van der Waals surface area contributed by atoms with Crippen LogP contribution >= 0.6 is 12.2 Å². The van der Waals surface area contributed by atoms with Crippen molar-refractivity contribution in [2.24, 2.45) is 11.7 Å². The number of nitrogens with two attached hydrogens (primary N) is 1. The standard InChI is InChI=1S/C15H22N2OS/c1-18-11-13-6-8-17(9-7-13)10-12-2-4-14(5-3-12)15(16)19/h2-5,13H,6-11H2,1H3,(H2,16,19). The third-order valence-electron chi connectivity index (χ3n) is 3.75. The number of hydrogen-bond donors (Lipinski definition) is 1. The van der Waals surface area contributed by atoms with Gasteiger partial charge in [0.15, 0.2) is 0 Å². The molecule has 0 radical (unpaired) electrons. The summed E-state index contributed by atoms with van der Waals surface area (Å²) in [5, 5.41) is 0. The topological polar surface area (TPSA) is 38.5 Å². The molecule has 1 saturated heterocycles. The molecule has 4 heteroatoms. The molecule has 0 aliphatic carbocycles. The average molecular weight is 278 g/mol. The van der Waals surface area contributed by atoms with Gasteiger partial charge in [-0.15, -0.1) is 0 Å². The summed E-state index contributed by atoms with van der Waals surface area (Å²) in [7, 11) is 1.79. The minimum Gasteiger partial charge on any atom is -0.389 e. The molecule has 2 rings (SSSR count). The van der Waals surface area contributed by atoms with Crippen LogP contribution in [0.5, 0.6) is 0 Å². The van der Waals surface area contributed by atoms with Crippen molar-refractivity contribution in [3.63, 3.8) is 0 Å². The molecule has 19 heavy (non-hydrogen) atoms. The van der Waals surface area contributed by atoms with Gasteiger partial charge in [0.1, 0.15) is 4.99 Å². The fourth-order valence-corrected chi connectivity index (χ4v) is 2.72. The van der Waals surface area contributed by atoms with Crippen LogP contribution in [-0.2, 0) is 11.3 Å². The second-order valence-corrected chi connectivity index (χ2v) is 5.68. The fraction of sp³-hybridized carbons (Fsp3) is 0.533. The summed E-state index contributed by atoms with van der Waals surface area (Å²) in [5.74, 6) is 0.734. The van der Waals surface area contributed by atoms with Crippen molar-refractivity contribution in [3.8, 4) is 0 Å². The largest absolute Gasteiger partial charge is 0.389 e. The Morgan fingerprint density at radius 1 is 1.32 bits per heavy atom. The molecule has 0 saturated carbocycles. The Balaban J connectivity index is 1.83. The van der Waals surface area contributed by atoms with E-state index >= 15 is 0 Å². The highest BCUT2D eigenvalue weighted by molar-refractivity contribution is 7.80. The van der Waals surface area contributed by atoms with Crippen LogP contribution < -0.4 is 5.73 Å². The first-order chi connectivity index (χ1) is 9.19. The number of ether oxygens (including phenoxy) is 1. The molecular formula is C15H22N2OS. The molecule has 1 aliphatic heterocycles. The molecule has 1 fully saturated rings. The third-order valence-corrected chi connectivity index (χ3v) is 3.99. The molecule has 1 aromatic rings. The van der Waals surface area contributed by atoms with Crippen molar-refractivity contribution in [1.29, 1.82) is 0 Å². The predicted molar refractivity (Wildman–Crippen MR) is 82.2 cm³/mol. The molecular weight excluding hydrogens is 256 g/mol. The van der Waals surface area contributed by atoms with Crippen molar-refractivity contribution < 1.29 is 4.74 Å². The molecule has 1 aliphatic rings. The summed E-state index contributed by atoms with van der Waals surface area (Å²) in [6.07, 6.45) is 2.47. The molecule has 3 nitrogen and oxygen atoms in total. The lowest BCUT2D eigenvalue weighted by atomic mass is 9.97. The van der Waals surface area contributed by atoms with Crippen molar-refractivity contribution in [1.82, 2.24) is 4.90 Å². The summed E-state index contributed by atoms with van der Waals surface area (Å²) in [6.45, 7) is 4.23. The normalized spacial score (nSPS) is 17.5. The van der Waals surface area contributed by atoms with Crippen LogP contribution in [0.4, 0.5) is 0 Å². The highest BCUT2D eigenvalue weighted by Gasteiger charge is 2.18. The van der Waals surface area contributed by atoms with Crippen LogP contribution in [0.25, 0.3) is 0 Å². The van der Waals surface area contributed by atoms with Crippen LogP contribution in [0.1, 0.15) is 24.0 Å². The van der Waals surface area contributed by atoms with Crippen molar-refractivity contribution >= 4 is 17.2 Å². The Morgan fingerprint density at radius 3 is 2.47 bits per heavy atom. The van der Waals surface area contributed by atoms with Gasteiger partial charge in [0.2, 0.25) is 0 Å². The molecule has 2 N–H and O–H groups in total. The summed E-state index contributed by atoms with van der Waals surface area (Å²) in [5.41, 5.74) is 7.87. The lowest BCUT2D eigenvalue weighted by Gasteiger charge is -2.31. The molecule has 1 aromatic carbocycles. The number of hydrogen-bond acceptors (Lipinski definition) is 3. The Bertz CT molecular complexity index is 411. The van der Waals surface area contributed by atoms with E-state index in [1.54, 1.807) is 7.11 Å². The lowest BCUT2D eigenvalue weighted by Crippen LogP contribution is -2.34.